The van der Waals surface area contributed by atoms with Gasteiger partial charge in [0.05, 0.1) is 4.83 Å². The first kappa shape index (κ1) is 15.1. The Morgan fingerprint density at radius 1 is 1.14 bits per heavy atom. The van der Waals surface area contributed by atoms with E-state index in [-0.39, 0.29) is 10.7 Å². The van der Waals surface area contributed by atoms with Gasteiger partial charge in [0.1, 0.15) is 0 Å². The fourth-order valence-electron chi connectivity index (χ4n) is 2.50. The van der Waals surface area contributed by atoms with Gasteiger partial charge in [-0.15, -0.1) is 0 Å². The number of halogens is 3. The number of hydrogen-bond acceptors (Lipinski definition) is 1. The van der Waals surface area contributed by atoms with Crippen LogP contribution in [-0.2, 0) is 6.42 Å². The fraction of sp³-hybridized carbons (Fsp3) is 0.188. The predicted molar refractivity (Wildman–Crippen MR) is 92.4 cm³/mol. The van der Waals surface area contributed by atoms with Crippen molar-refractivity contribution in [2.45, 2.75) is 11.2 Å². The van der Waals surface area contributed by atoms with Gasteiger partial charge in [-0.1, -0.05) is 55.6 Å². The van der Waals surface area contributed by atoms with Crippen molar-refractivity contribution in [2.75, 3.05) is 6.54 Å². The summed E-state index contributed by atoms with van der Waals surface area (Å²) in [6.07, 6.45) is 0.886. The van der Waals surface area contributed by atoms with Crippen LogP contribution < -0.4 is 5.32 Å². The highest BCUT2D eigenvalue weighted by molar-refractivity contribution is 9.10. The normalized spacial score (nSPS) is 15.3. The molecule has 5 heteroatoms. The predicted octanol–water partition coefficient (Wildman–Crippen LogP) is 4.87. The van der Waals surface area contributed by atoms with Crippen molar-refractivity contribution in [1.29, 1.82) is 0 Å². The summed E-state index contributed by atoms with van der Waals surface area (Å²) < 4.78 is 0.935. The number of carbonyl (C=O) groups excluding carboxylic acids is 1. The molecule has 1 heterocycles. The molecule has 1 aliphatic rings. The Labute approximate surface area is 145 Å². The van der Waals surface area contributed by atoms with E-state index in [0.29, 0.717) is 11.6 Å². The number of alkyl halides is 1. The zero-order valence-corrected chi connectivity index (χ0v) is 14.9. The molecule has 2 aromatic carbocycles. The smallest absolute Gasteiger partial charge is 0.251 e. The number of benzene rings is 2. The number of rotatable bonds is 2. The van der Waals surface area contributed by atoms with Crippen LogP contribution in [-0.4, -0.2) is 12.5 Å². The van der Waals surface area contributed by atoms with Gasteiger partial charge in [-0.25, -0.2) is 0 Å². The van der Waals surface area contributed by atoms with Crippen molar-refractivity contribution in [3.05, 3.63) is 68.1 Å². The van der Waals surface area contributed by atoms with Crippen LogP contribution >= 0.6 is 43.5 Å². The van der Waals surface area contributed by atoms with Crippen molar-refractivity contribution in [2.24, 2.45) is 0 Å². The molecule has 0 fully saturated rings. The number of fused-ring (bicyclic) bond motifs is 1. The molecule has 2 aromatic rings. The minimum atomic E-state index is -0.00692. The molecule has 1 unspecified atom stereocenters. The average Bonchev–Trinajstić information content (AvgIpc) is 2.45. The van der Waals surface area contributed by atoms with Crippen LogP contribution in [0.1, 0.15) is 31.9 Å². The van der Waals surface area contributed by atoms with Crippen molar-refractivity contribution in [1.82, 2.24) is 5.32 Å². The van der Waals surface area contributed by atoms with E-state index in [4.69, 9.17) is 11.6 Å². The average molecular weight is 430 g/mol. The minimum Gasteiger partial charge on any atom is -0.352 e. The van der Waals surface area contributed by atoms with E-state index in [9.17, 15) is 4.79 Å². The monoisotopic (exact) mass is 427 g/mol. The molecule has 3 rings (SSSR count). The standard InChI is InChI=1S/C16H12Br2ClNO/c17-12-5-11(6-13(19)8-12)15(18)10-2-1-9-3-4-20-16(21)14(9)7-10/h1-2,5-8,15H,3-4H2,(H,20,21). The van der Waals surface area contributed by atoms with Crippen molar-refractivity contribution >= 4 is 49.4 Å². The van der Waals surface area contributed by atoms with Crippen LogP contribution in [0.5, 0.6) is 0 Å². The first-order valence-electron chi connectivity index (χ1n) is 6.55. The van der Waals surface area contributed by atoms with Crippen molar-refractivity contribution in [3.8, 4) is 0 Å². The summed E-state index contributed by atoms with van der Waals surface area (Å²) in [4.78, 5) is 11.9. The molecule has 0 bridgehead atoms. The Bertz CT molecular complexity index is 697. The zero-order valence-electron chi connectivity index (χ0n) is 11.0. The highest BCUT2D eigenvalue weighted by Crippen LogP contribution is 2.35. The number of hydrogen-bond donors (Lipinski definition) is 1. The molecule has 1 N–H and O–H groups in total. The second-order valence-corrected chi connectivity index (χ2v) is 7.26. The van der Waals surface area contributed by atoms with Gasteiger partial charge in [-0.2, -0.15) is 0 Å². The van der Waals surface area contributed by atoms with E-state index in [1.165, 1.54) is 0 Å². The van der Waals surface area contributed by atoms with Crippen molar-refractivity contribution < 1.29 is 4.79 Å². The first-order valence-corrected chi connectivity index (χ1v) is 8.64. The maximum Gasteiger partial charge on any atom is 0.251 e. The molecule has 0 saturated carbocycles. The molecule has 0 aliphatic carbocycles. The highest BCUT2D eigenvalue weighted by atomic mass is 79.9. The second kappa shape index (κ2) is 6.11. The SMILES string of the molecule is O=C1NCCc2ccc(C(Br)c3cc(Cl)cc(Br)c3)cc21. The van der Waals surface area contributed by atoms with E-state index in [1.807, 2.05) is 30.3 Å². The Kier molecular flexibility index (Phi) is 4.38. The van der Waals surface area contributed by atoms with Crippen LogP contribution in [0.2, 0.25) is 5.02 Å². The summed E-state index contributed by atoms with van der Waals surface area (Å²) in [7, 11) is 0. The van der Waals surface area contributed by atoms with Crippen LogP contribution in [0.15, 0.2) is 40.9 Å². The molecule has 1 aliphatic heterocycles. The summed E-state index contributed by atoms with van der Waals surface area (Å²) in [6, 6.07) is 11.8. The van der Waals surface area contributed by atoms with Crippen LogP contribution in [0.3, 0.4) is 0 Å². The molecule has 0 radical (unpaired) electrons. The lowest BCUT2D eigenvalue weighted by molar-refractivity contribution is 0.0946. The van der Waals surface area contributed by atoms with E-state index in [1.54, 1.807) is 0 Å². The van der Waals surface area contributed by atoms with Crippen molar-refractivity contribution in [3.63, 3.8) is 0 Å². The number of amides is 1. The summed E-state index contributed by atoms with van der Waals surface area (Å²) in [5, 5.41) is 3.56. The Morgan fingerprint density at radius 3 is 2.71 bits per heavy atom. The van der Waals surface area contributed by atoms with E-state index < -0.39 is 0 Å². The lowest BCUT2D eigenvalue weighted by atomic mass is 9.95. The molecule has 1 atom stereocenters. The number of nitrogens with one attached hydrogen (secondary N) is 1. The molecule has 0 saturated heterocycles. The van der Waals surface area contributed by atoms with Gasteiger partial charge in [0.25, 0.3) is 5.91 Å². The van der Waals surface area contributed by atoms with Crippen LogP contribution in [0.4, 0.5) is 0 Å². The topological polar surface area (TPSA) is 29.1 Å². The van der Waals surface area contributed by atoms with Gasteiger partial charge >= 0.3 is 0 Å². The molecule has 2 nitrogen and oxygen atoms in total. The largest absolute Gasteiger partial charge is 0.352 e. The molecule has 21 heavy (non-hydrogen) atoms. The number of carbonyl (C=O) groups is 1. The molecule has 0 aromatic heterocycles. The zero-order chi connectivity index (χ0) is 15.0. The summed E-state index contributed by atoms with van der Waals surface area (Å²) in [6.45, 7) is 0.712. The van der Waals surface area contributed by atoms with Gasteiger partial charge in [0.2, 0.25) is 0 Å². The van der Waals surface area contributed by atoms with Crippen LogP contribution in [0, 0.1) is 0 Å². The Morgan fingerprint density at radius 2 is 1.95 bits per heavy atom. The van der Waals surface area contributed by atoms with Gasteiger partial charge < -0.3 is 5.32 Å². The van der Waals surface area contributed by atoms with Gasteiger partial charge in [0.15, 0.2) is 0 Å². The van der Waals surface area contributed by atoms with Gasteiger partial charge in [-0.05, 0) is 47.4 Å². The van der Waals surface area contributed by atoms with Gasteiger partial charge in [-0.3, -0.25) is 4.79 Å². The third-order valence-electron chi connectivity index (χ3n) is 3.53. The molecular formula is C16H12Br2ClNO. The third kappa shape index (κ3) is 3.17. The van der Waals surface area contributed by atoms with Gasteiger partial charge in [0, 0.05) is 21.6 Å². The van der Waals surface area contributed by atoms with E-state index in [2.05, 4.69) is 43.2 Å². The van der Waals surface area contributed by atoms with E-state index in [0.717, 1.165) is 33.1 Å². The van der Waals surface area contributed by atoms with E-state index >= 15 is 0 Å². The molecule has 1 amide bonds. The summed E-state index contributed by atoms with van der Waals surface area (Å²) in [5.74, 6) is 0.00470. The molecule has 0 spiro atoms. The first-order chi connectivity index (χ1) is 10.0. The third-order valence-corrected chi connectivity index (χ3v) is 5.26. The maximum absolute atomic E-state index is 12.0. The second-order valence-electron chi connectivity index (χ2n) is 4.99. The quantitative estimate of drug-likeness (QED) is 0.678. The maximum atomic E-state index is 12.0. The Balaban J connectivity index is 2.00. The highest BCUT2D eigenvalue weighted by Gasteiger charge is 2.19. The summed E-state index contributed by atoms with van der Waals surface area (Å²) >= 11 is 13.3. The fourth-order valence-corrected chi connectivity index (χ4v) is 3.94. The Hall–Kier alpha value is -0.840. The summed E-state index contributed by atoms with van der Waals surface area (Å²) in [5.41, 5.74) is 3.96. The molecule has 108 valence electrons. The van der Waals surface area contributed by atoms with Crippen LogP contribution in [0.25, 0.3) is 0 Å². The minimum absolute atomic E-state index is 0.00470. The molecular weight excluding hydrogens is 417 g/mol. The lowest BCUT2D eigenvalue weighted by Crippen LogP contribution is -2.31. The lowest BCUT2D eigenvalue weighted by Gasteiger charge is -2.19.